The number of hydrogen-bond donors (Lipinski definition) is 4. The molecule has 2 aliphatic carbocycles. The summed E-state index contributed by atoms with van der Waals surface area (Å²) in [5, 5.41) is 31.8. The zero-order valence-corrected chi connectivity index (χ0v) is 45.9. The van der Waals surface area contributed by atoms with E-state index in [-0.39, 0.29) is 13.2 Å². The van der Waals surface area contributed by atoms with Gasteiger partial charge in [-0.2, -0.15) is 10.2 Å². The number of carboxylic acids is 2. The highest BCUT2D eigenvalue weighted by Crippen LogP contribution is 2.23. The third kappa shape index (κ3) is 20.8. The average molecular weight is 1130 g/mol. The molecule has 0 saturated carbocycles. The lowest BCUT2D eigenvalue weighted by Gasteiger charge is -2.24. The van der Waals surface area contributed by atoms with Crippen LogP contribution in [-0.4, -0.2) is 172 Å². The normalized spacial score (nSPS) is 14.0. The Labute approximate surface area is 462 Å². The number of ether oxygens (including phenoxy) is 2. The first-order valence-electron chi connectivity index (χ1n) is 27.2. The van der Waals surface area contributed by atoms with Crippen molar-refractivity contribution in [1.82, 2.24) is 59.3 Å². The number of fused-ring (bicyclic) bond motifs is 4. The van der Waals surface area contributed by atoms with Crippen molar-refractivity contribution < 1.29 is 46.8 Å². The molecule has 0 amide bonds. The van der Waals surface area contributed by atoms with Gasteiger partial charge in [0, 0.05) is 63.1 Å². The molecule has 8 rings (SSSR count). The monoisotopic (exact) mass is 1130 g/mol. The molecule has 6 aromatic heterocycles. The van der Waals surface area contributed by atoms with Crippen molar-refractivity contribution in [3.05, 3.63) is 88.4 Å². The fourth-order valence-corrected chi connectivity index (χ4v) is 9.59. The first kappa shape index (κ1) is 62.2. The summed E-state index contributed by atoms with van der Waals surface area (Å²) >= 11 is 5.77. The lowest BCUT2D eigenvalue weighted by molar-refractivity contribution is -0.139. The predicted molar refractivity (Wildman–Crippen MR) is 292 cm³/mol. The molecule has 0 unspecified atom stereocenters. The second-order valence-electron chi connectivity index (χ2n) is 19.7. The second kappa shape index (κ2) is 32.9. The highest BCUT2D eigenvalue weighted by molar-refractivity contribution is 6.33. The van der Waals surface area contributed by atoms with Crippen LogP contribution in [0.5, 0.6) is 0 Å². The van der Waals surface area contributed by atoms with Gasteiger partial charge in [0.1, 0.15) is 48.9 Å². The maximum absolute atomic E-state index is 12.5. The van der Waals surface area contributed by atoms with E-state index in [2.05, 4.69) is 64.6 Å². The molecule has 0 bridgehead atoms. The van der Waals surface area contributed by atoms with Gasteiger partial charge in [0.05, 0.1) is 36.4 Å². The number of unbranched alkanes of at least 4 members (excludes halogenated alkanes) is 2. The number of halogens is 5. The number of rotatable bonds is 30. The van der Waals surface area contributed by atoms with E-state index in [1.807, 2.05) is 11.9 Å². The van der Waals surface area contributed by atoms with Gasteiger partial charge in [-0.3, -0.25) is 24.1 Å². The second-order valence-corrected chi connectivity index (χ2v) is 20.1. The zero-order chi connectivity index (χ0) is 56.5. The summed E-state index contributed by atoms with van der Waals surface area (Å²) in [7, 11) is 3.56. The van der Waals surface area contributed by atoms with Gasteiger partial charge in [0.15, 0.2) is 11.3 Å². The smallest absolute Gasteiger partial charge is 0.326 e. The van der Waals surface area contributed by atoms with Crippen molar-refractivity contribution in [3.63, 3.8) is 0 Å². The Morgan fingerprint density at radius 1 is 0.658 bits per heavy atom. The number of anilines is 1. The minimum absolute atomic E-state index is 0.157. The van der Waals surface area contributed by atoms with Crippen LogP contribution >= 0.6 is 11.6 Å². The van der Waals surface area contributed by atoms with E-state index in [4.69, 9.17) is 41.9 Å². The Morgan fingerprint density at radius 2 is 1.15 bits per heavy atom. The molecule has 0 radical (unpaired) electrons. The fourth-order valence-electron chi connectivity index (χ4n) is 9.41. The number of aromatic nitrogens is 10. The van der Waals surface area contributed by atoms with E-state index in [1.165, 1.54) is 60.9 Å². The number of nitrogens with two attached hydrogens (primary N) is 1. The molecule has 6 aromatic rings. The lowest BCUT2D eigenvalue weighted by atomic mass is 9.95. The number of aliphatic carboxylic acids is 2. The number of nitrogens with zero attached hydrogens (tertiary/aromatic N) is 12. The third-order valence-corrected chi connectivity index (χ3v) is 14.1. The average Bonchev–Trinajstić information content (AvgIpc) is 4.03. The van der Waals surface area contributed by atoms with E-state index in [0.717, 1.165) is 93.2 Å². The lowest BCUT2D eigenvalue weighted by Crippen LogP contribution is -2.37. The van der Waals surface area contributed by atoms with E-state index in [0.29, 0.717) is 67.6 Å². The fraction of sp³-hybridized carbons (Fsp3) is 0.593. The Balaban J connectivity index is 0.000000219. The first-order valence-corrected chi connectivity index (χ1v) is 27.5. The highest BCUT2D eigenvalue weighted by Gasteiger charge is 2.22. The van der Waals surface area contributed by atoms with Crippen LogP contribution < -0.4 is 11.1 Å². The summed E-state index contributed by atoms with van der Waals surface area (Å²) in [6.07, 6.45) is 16.4. The van der Waals surface area contributed by atoms with Crippen LogP contribution in [0.15, 0.2) is 49.3 Å². The van der Waals surface area contributed by atoms with Crippen LogP contribution in [0.1, 0.15) is 98.1 Å². The molecule has 2 atom stereocenters. The number of carboxylic acid groups (broad SMARTS) is 2. The minimum atomic E-state index is -2.51. The molecule has 432 valence electrons. The van der Waals surface area contributed by atoms with Crippen molar-refractivity contribution in [2.24, 2.45) is 19.8 Å². The van der Waals surface area contributed by atoms with Gasteiger partial charge in [0.25, 0.3) is 12.9 Å². The SMILES string of the molecule is Cn1ncc2c(Cl)ncnc21.Cn1ncc2c(N[C@@H](CCN(CCCCc3ccc4c(n3)CCCC4)CCOCC(F)F)C(=O)O)ncnc21.N[C@@H](CCN(CCCCc1ccc2c(n1)CCCC2)CCOCC(F)F)C(=O)O. The molecule has 0 aliphatic heterocycles. The molecular weight excluding hydrogens is 1050 g/mol. The zero-order valence-electron chi connectivity index (χ0n) is 45.2. The molecule has 79 heavy (non-hydrogen) atoms. The first-order chi connectivity index (χ1) is 38.1. The van der Waals surface area contributed by atoms with Gasteiger partial charge >= 0.3 is 11.9 Å². The molecule has 0 fully saturated rings. The van der Waals surface area contributed by atoms with Crippen LogP contribution in [0.25, 0.3) is 22.1 Å². The Bertz CT molecular complexity index is 2810. The van der Waals surface area contributed by atoms with Crippen LogP contribution in [0, 0.1) is 0 Å². The van der Waals surface area contributed by atoms with Crippen molar-refractivity contribution >= 4 is 51.4 Å². The number of carbonyl (C=O) groups is 2. The molecule has 6 heterocycles. The summed E-state index contributed by atoms with van der Waals surface area (Å²) < 4.78 is 62.7. The Morgan fingerprint density at radius 3 is 1.66 bits per heavy atom. The van der Waals surface area contributed by atoms with Crippen LogP contribution in [0.4, 0.5) is 23.4 Å². The quantitative estimate of drug-likeness (QED) is 0.0198. The number of nitrogens with one attached hydrogen (secondary N) is 1. The van der Waals surface area contributed by atoms with Gasteiger partial charge in [-0.15, -0.1) is 0 Å². The van der Waals surface area contributed by atoms with E-state index in [1.54, 1.807) is 28.8 Å². The summed E-state index contributed by atoms with van der Waals surface area (Å²) in [6, 6.07) is 6.84. The molecule has 20 nitrogen and oxygen atoms in total. The maximum atomic E-state index is 12.5. The standard InChI is InChI=1S/C27H37F2N7O3.C21H33F2N3O3.C6H5ClN4/c1-35-26-21(16-32-35)25(30-18-31-26)34-23(27(37)38)11-13-36(14-15-39-17-24(28)29)12-5-4-7-20-10-9-19-6-2-3-8-22(19)33-20;22-20(23)15-29-14-13-26(12-10-18(24)21(27)28)11-4-3-6-17-9-8-16-5-1-2-7-19(16)25-17;1-11-6-4(2-10-11)5(7)8-3-9-6/h9-10,16,18,23-24H,2-8,11-15,17H2,1H3,(H,37,38)(H,30,31,34);8-9,18,20H,1-7,10-15,24H2,(H,27,28);2-3H,1H3/t23-;18-;/m00./s1. The molecule has 2 aliphatic rings. The van der Waals surface area contributed by atoms with Gasteiger partial charge in [-0.25, -0.2) is 42.3 Å². The van der Waals surface area contributed by atoms with Crippen molar-refractivity contribution in [2.75, 3.05) is 71.0 Å². The van der Waals surface area contributed by atoms with Gasteiger partial charge in [0.2, 0.25) is 0 Å². The molecular formula is C54H75ClF4N14O6. The largest absolute Gasteiger partial charge is 0.480 e. The third-order valence-electron chi connectivity index (χ3n) is 13.8. The van der Waals surface area contributed by atoms with Crippen molar-refractivity contribution in [3.8, 4) is 0 Å². The highest BCUT2D eigenvalue weighted by atomic mass is 35.5. The number of aryl methyl sites for hydroxylation is 8. The van der Waals surface area contributed by atoms with E-state index < -0.39 is 50.1 Å². The van der Waals surface area contributed by atoms with Crippen LogP contribution in [-0.2, 0) is 71.7 Å². The molecule has 0 aromatic carbocycles. The minimum Gasteiger partial charge on any atom is -0.480 e. The van der Waals surface area contributed by atoms with Gasteiger partial charge in [-0.1, -0.05) is 23.7 Å². The number of alkyl halides is 4. The number of pyridine rings is 2. The molecule has 25 heteroatoms. The predicted octanol–water partition coefficient (Wildman–Crippen LogP) is 7.18. The summed E-state index contributed by atoms with van der Waals surface area (Å²) in [5.74, 6) is -1.62. The van der Waals surface area contributed by atoms with Gasteiger partial charge < -0.3 is 40.5 Å². The van der Waals surface area contributed by atoms with E-state index >= 15 is 0 Å². The Kier molecular flexibility index (Phi) is 25.9. The van der Waals surface area contributed by atoms with Crippen molar-refractivity contribution in [1.29, 1.82) is 0 Å². The summed E-state index contributed by atoms with van der Waals surface area (Å²) in [4.78, 5) is 53.0. The Hall–Kier alpha value is -6.05. The van der Waals surface area contributed by atoms with Crippen LogP contribution in [0.3, 0.4) is 0 Å². The van der Waals surface area contributed by atoms with Crippen molar-refractivity contribution in [2.45, 2.75) is 128 Å². The maximum Gasteiger partial charge on any atom is 0.326 e. The number of hydrogen-bond acceptors (Lipinski definition) is 16. The summed E-state index contributed by atoms with van der Waals surface area (Å²) in [6.45, 7) is 2.50. The van der Waals surface area contributed by atoms with Crippen LogP contribution in [0.2, 0.25) is 5.15 Å². The van der Waals surface area contributed by atoms with E-state index in [9.17, 15) is 32.3 Å². The molecule has 0 saturated heterocycles. The summed E-state index contributed by atoms with van der Waals surface area (Å²) in [5.41, 5.74) is 14.4. The topological polar surface area (TPSA) is 251 Å². The van der Waals surface area contributed by atoms with Gasteiger partial charge in [-0.05, 0) is 139 Å². The molecule has 0 spiro atoms. The molecule has 5 N–H and O–H groups in total.